The first kappa shape index (κ1) is 15.0. The van der Waals surface area contributed by atoms with Gasteiger partial charge in [-0.05, 0) is 25.0 Å². The van der Waals surface area contributed by atoms with E-state index in [4.69, 9.17) is 0 Å². The molecule has 1 aliphatic carbocycles. The molecule has 4 nitrogen and oxygen atoms in total. The molecule has 0 bridgehead atoms. The van der Waals surface area contributed by atoms with Gasteiger partial charge in [-0.15, -0.1) is 6.58 Å². The zero-order valence-electron chi connectivity index (χ0n) is 11.9. The van der Waals surface area contributed by atoms with Crippen LogP contribution in [0.15, 0.2) is 55.1 Å². The molecule has 1 aromatic rings. The van der Waals surface area contributed by atoms with Crippen LogP contribution < -0.4 is 10.6 Å². The van der Waals surface area contributed by atoms with Gasteiger partial charge in [-0.3, -0.25) is 9.59 Å². The lowest BCUT2D eigenvalue weighted by Crippen LogP contribution is -2.40. The Balaban J connectivity index is 2.04. The number of anilines is 1. The second kappa shape index (κ2) is 7.43. The van der Waals surface area contributed by atoms with Gasteiger partial charge < -0.3 is 10.6 Å². The Morgan fingerprint density at radius 1 is 1.10 bits per heavy atom. The van der Waals surface area contributed by atoms with Crippen LogP contribution in [-0.2, 0) is 9.59 Å². The predicted molar refractivity (Wildman–Crippen MR) is 83.6 cm³/mol. The van der Waals surface area contributed by atoms with Crippen LogP contribution in [0.4, 0.5) is 5.69 Å². The van der Waals surface area contributed by atoms with Crippen LogP contribution in [0.5, 0.6) is 0 Å². The summed E-state index contributed by atoms with van der Waals surface area (Å²) in [5.74, 6) is -0.851. The number of carbonyl (C=O) groups is 2. The van der Waals surface area contributed by atoms with Crippen molar-refractivity contribution in [2.45, 2.75) is 12.8 Å². The third-order valence-electron chi connectivity index (χ3n) is 3.57. The van der Waals surface area contributed by atoms with Gasteiger partial charge in [-0.2, -0.15) is 0 Å². The van der Waals surface area contributed by atoms with E-state index >= 15 is 0 Å². The van der Waals surface area contributed by atoms with Gasteiger partial charge in [-0.1, -0.05) is 36.4 Å². The van der Waals surface area contributed by atoms with Crippen molar-refractivity contribution >= 4 is 17.5 Å². The number of hydrogen-bond donors (Lipinski definition) is 2. The van der Waals surface area contributed by atoms with Crippen molar-refractivity contribution in [2.75, 3.05) is 11.9 Å². The molecule has 0 fully saturated rings. The van der Waals surface area contributed by atoms with Gasteiger partial charge in [-0.25, -0.2) is 0 Å². The summed E-state index contributed by atoms with van der Waals surface area (Å²) in [5, 5.41) is 5.66. The monoisotopic (exact) mass is 284 g/mol. The minimum Gasteiger partial charge on any atom is -0.352 e. The third kappa shape index (κ3) is 4.05. The van der Waals surface area contributed by atoms with Crippen molar-refractivity contribution in [3.8, 4) is 0 Å². The van der Waals surface area contributed by atoms with E-state index < -0.39 is 0 Å². The van der Waals surface area contributed by atoms with Crippen molar-refractivity contribution in [3.63, 3.8) is 0 Å². The van der Waals surface area contributed by atoms with E-state index in [0.29, 0.717) is 19.4 Å². The lowest BCUT2D eigenvalue weighted by molar-refractivity contribution is -0.132. The molecule has 21 heavy (non-hydrogen) atoms. The Hall–Kier alpha value is -2.36. The highest BCUT2D eigenvalue weighted by Crippen LogP contribution is 2.27. The normalized spacial score (nSPS) is 20.6. The van der Waals surface area contributed by atoms with Crippen LogP contribution in [0, 0.1) is 11.8 Å². The molecule has 2 rings (SSSR count). The molecule has 4 heteroatoms. The molecule has 0 unspecified atom stereocenters. The number of para-hydroxylation sites is 1. The molecule has 1 aromatic carbocycles. The first-order valence-electron chi connectivity index (χ1n) is 7.12. The molecule has 0 spiro atoms. The molecule has 0 heterocycles. The highest BCUT2D eigenvalue weighted by atomic mass is 16.2. The first-order valence-corrected chi connectivity index (χ1v) is 7.12. The summed E-state index contributed by atoms with van der Waals surface area (Å²) in [6.07, 6.45) is 6.74. The Morgan fingerprint density at radius 2 is 1.71 bits per heavy atom. The van der Waals surface area contributed by atoms with Gasteiger partial charge in [0.2, 0.25) is 11.8 Å². The maximum Gasteiger partial charge on any atom is 0.228 e. The van der Waals surface area contributed by atoms with Crippen molar-refractivity contribution in [3.05, 3.63) is 55.1 Å². The number of benzene rings is 1. The number of amides is 2. The smallest absolute Gasteiger partial charge is 0.228 e. The van der Waals surface area contributed by atoms with Gasteiger partial charge in [0.25, 0.3) is 0 Å². The number of rotatable bonds is 5. The Bertz CT molecular complexity index is 537. The van der Waals surface area contributed by atoms with E-state index in [0.717, 1.165) is 5.69 Å². The van der Waals surface area contributed by atoms with E-state index in [1.54, 1.807) is 6.08 Å². The van der Waals surface area contributed by atoms with Gasteiger partial charge in [0.05, 0.1) is 11.8 Å². The second-order valence-electron chi connectivity index (χ2n) is 5.04. The fourth-order valence-corrected chi connectivity index (χ4v) is 2.45. The lowest BCUT2D eigenvalue weighted by atomic mass is 9.81. The minimum absolute atomic E-state index is 0.0903. The molecule has 2 N–H and O–H groups in total. The van der Waals surface area contributed by atoms with Crippen LogP contribution in [0.2, 0.25) is 0 Å². The lowest BCUT2D eigenvalue weighted by Gasteiger charge is -2.26. The molecule has 2 amide bonds. The average molecular weight is 284 g/mol. The van der Waals surface area contributed by atoms with Crippen LogP contribution in [0.25, 0.3) is 0 Å². The third-order valence-corrected chi connectivity index (χ3v) is 3.57. The highest BCUT2D eigenvalue weighted by molar-refractivity contribution is 5.96. The molecule has 2 atom stereocenters. The number of hydrogen-bond acceptors (Lipinski definition) is 2. The van der Waals surface area contributed by atoms with Crippen LogP contribution in [0.1, 0.15) is 12.8 Å². The summed E-state index contributed by atoms with van der Waals surface area (Å²) in [4.78, 5) is 24.6. The summed E-state index contributed by atoms with van der Waals surface area (Å²) in [7, 11) is 0. The van der Waals surface area contributed by atoms with Crippen LogP contribution in [-0.4, -0.2) is 18.4 Å². The van der Waals surface area contributed by atoms with Gasteiger partial charge >= 0.3 is 0 Å². The van der Waals surface area contributed by atoms with Crippen molar-refractivity contribution in [1.82, 2.24) is 5.32 Å². The number of allylic oxidation sites excluding steroid dienone is 2. The van der Waals surface area contributed by atoms with Gasteiger partial charge in [0.1, 0.15) is 0 Å². The van der Waals surface area contributed by atoms with E-state index in [1.807, 2.05) is 42.5 Å². The maximum atomic E-state index is 12.4. The van der Waals surface area contributed by atoms with Gasteiger partial charge in [0.15, 0.2) is 0 Å². The molecule has 110 valence electrons. The van der Waals surface area contributed by atoms with E-state index in [1.165, 1.54) is 0 Å². The topological polar surface area (TPSA) is 58.2 Å². The zero-order valence-corrected chi connectivity index (χ0v) is 11.9. The Kier molecular flexibility index (Phi) is 5.32. The Morgan fingerprint density at radius 3 is 2.33 bits per heavy atom. The highest BCUT2D eigenvalue weighted by Gasteiger charge is 2.33. The molecule has 0 saturated heterocycles. The molecule has 0 saturated carbocycles. The SMILES string of the molecule is C=CCNC(=O)[C@@H]1CC=CC[C@@H]1C(=O)Nc1ccccc1. The van der Waals surface area contributed by atoms with E-state index in [-0.39, 0.29) is 23.7 Å². The second-order valence-corrected chi connectivity index (χ2v) is 5.04. The zero-order chi connectivity index (χ0) is 15.1. The maximum absolute atomic E-state index is 12.4. The minimum atomic E-state index is -0.333. The molecule has 0 aliphatic heterocycles. The summed E-state index contributed by atoms with van der Waals surface area (Å²) in [6, 6.07) is 9.30. The predicted octanol–water partition coefficient (Wildman–Crippen LogP) is 2.51. The summed E-state index contributed by atoms with van der Waals surface area (Å²) < 4.78 is 0. The molecule has 0 radical (unpaired) electrons. The molecular weight excluding hydrogens is 264 g/mol. The van der Waals surface area contributed by atoms with Crippen molar-refractivity contribution in [2.24, 2.45) is 11.8 Å². The quantitative estimate of drug-likeness (QED) is 0.816. The van der Waals surface area contributed by atoms with Crippen LogP contribution in [0.3, 0.4) is 0 Å². The van der Waals surface area contributed by atoms with Gasteiger partial charge in [0, 0.05) is 12.2 Å². The number of nitrogens with one attached hydrogen (secondary N) is 2. The summed E-state index contributed by atoms with van der Waals surface area (Å²) in [5.41, 5.74) is 0.752. The van der Waals surface area contributed by atoms with Crippen LogP contribution >= 0.6 is 0 Å². The summed E-state index contributed by atoms with van der Waals surface area (Å²) >= 11 is 0. The largest absolute Gasteiger partial charge is 0.352 e. The van der Waals surface area contributed by atoms with E-state index in [2.05, 4.69) is 17.2 Å². The molecular formula is C17H20N2O2. The Labute approximate surface area is 124 Å². The first-order chi connectivity index (χ1) is 10.2. The fourth-order valence-electron chi connectivity index (χ4n) is 2.45. The fraction of sp³-hybridized carbons (Fsp3) is 0.294. The van der Waals surface area contributed by atoms with Crippen molar-refractivity contribution in [1.29, 1.82) is 0 Å². The molecule has 1 aliphatic rings. The summed E-state index contributed by atoms with van der Waals surface area (Å²) in [6.45, 7) is 4.00. The molecule has 0 aromatic heterocycles. The van der Waals surface area contributed by atoms with Crippen molar-refractivity contribution < 1.29 is 9.59 Å². The number of carbonyl (C=O) groups excluding carboxylic acids is 2. The average Bonchev–Trinajstić information content (AvgIpc) is 2.53. The van der Waals surface area contributed by atoms with E-state index in [9.17, 15) is 9.59 Å². The standard InChI is InChI=1S/C17H20N2O2/c1-2-12-18-16(20)14-10-6-7-11-15(14)17(21)19-13-8-4-3-5-9-13/h2-9,14-15H,1,10-12H2,(H,18,20)(H,19,21)/t14-,15+/m1/s1.